The van der Waals surface area contributed by atoms with E-state index in [0.717, 1.165) is 51.6 Å². The molecule has 5 nitrogen and oxygen atoms in total. The van der Waals surface area contributed by atoms with Crippen LogP contribution < -0.4 is 5.56 Å². The second kappa shape index (κ2) is 6.35. The highest BCUT2D eigenvalue weighted by atomic mass is 32.2. The number of thioether (sulfide) groups is 1. The summed E-state index contributed by atoms with van der Waals surface area (Å²) in [6, 6.07) is 7.93. The monoisotopic (exact) mass is 394 g/mol. The molecule has 0 saturated heterocycles. The zero-order chi connectivity index (χ0) is 18.5. The largest absolute Gasteiger partial charge is 0.268 e. The van der Waals surface area contributed by atoms with Crippen LogP contribution in [0, 0.1) is 6.92 Å². The van der Waals surface area contributed by atoms with Crippen molar-refractivity contribution in [2.24, 2.45) is 0 Å². The van der Waals surface area contributed by atoms with E-state index in [1.165, 1.54) is 10.4 Å². The van der Waals surface area contributed by atoms with Gasteiger partial charge in [-0.25, -0.2) is 8.97 Å². The molecule has 3 aromatic heterocycles. The van der Waals surface area contributed by atoms with Crippen molar-refractivity contribution in [3.8, 4) is 5.69 Å². The summed E-state index contributed by atoms with van der Waals surface area (Å²) in [5, 5.41) is 10.4. The molecule has 27 heavy (non-hydrogen) atoms. The first-order valence-electron chi connectivity index (χ1n) is 8.94. The summed E-state index contributed by atoms with van der Waals surface area (Å²) in [5.41, 5.74) is 3.13. The van der Waals surface area contributed by atoms with Gasteiger partial charge in [-0.1, -0.05) is 36.0 Å². The molecule has 0 bridgehead atoms. The van der Waals surface area contributed by atoms with Gasteiger partial charge in [0.15, 0.2) is 5.16 Å². The summed E-state index contributed by atoms with van der Waals surface area (Å²) in [6.45, 7) is 5.82. The maximum Gasteiger partial charge on any atom is 0.268 e. The van der Waals surface area contributed by atoms with Crippen LogP contribution in [0.25, 0.3) is 21.7 Å². The van der Waals surface area contributed by atoms with Gasteiger partial charge in [0, 0.05) is 10.6 Å². The lowest BCUT2D eigenvalue weighted by atomic mass is 10.1. The molecule has 3 heterocycles. The Kier molecular flexibility index (Phi) is 3.94. The molecule has 5 rings (SSSR count). The van der Waals surface area contributed by atoms with E-state index in [2.05, 4.69) is 21.2 Å². The third kappa shape index (κ3) is 2.41. The smallest absolute Gasteiger partial charge is 0.268 e. The predicted octanol–water partition coefficient (Wildman–Crippen LogP) is 4.17. The number of rotatable bonds is 4. The van der Waals surface area contributed by atoms with E-state index in [-0.39, 0.29) is 5.56 Å². The molecule has 136 valence electrons. The fraction of sp³-hybridized carbons (Fsp3) is 0.250. The lowest BCUT2D eigenvalue weighted by Gasteiger charge is -2.12. The number of aryl methyl sites for hydroxylation is 3. The van der Waals surface area contributed by atoms with Crippen LogP contribution in [0.5, 0.6) is 0 Å². The van der Waals surface area contributed by atoms with Gasteiger partial charge in [-0.2, -0.15) is 0 Å². The quantitative estimate of drug-likeness (QED) is 0.385. The molecule has 1 aliphatic rings. The Labute approximate surface area is 164 Å². The zero-order valence-electron chi connectivity index (χ0n) is 14.9. The first-order valence-corrected chi connectivity index (χ1v) is 10.7. The Balaban J connectivity index is 1.95. The minimum Gasteiger partial charge on any atom is -0.268 e. The molecule has 0 aliphatic heterocycles. The first-order chi connectivity index (χ1) is 13.2. The summed E-state index contributed by atoms with van der Waals surface area (Å²) in [5.74, 6) is 1.32. The van der Waals surface area contributed by atoms with Crippen LogP contribution in [0.15, 0.2) is 46.9 Å². The standard InChI is InChI=1S/C20H18N4OS2/c1-3-11-26-20-22-21-19-23(14-9-5-4-7-12(14)2)17(25)16-13-8-6-10-15(13)27-18(16)24(19)20/h3-5,7,9H,1,6,8,10-11H2,2H3. The minimum atomic E-state index is 0.0128. The van der Waals surface area contributed by atoms with Gasteiger partial charge in [0.2, 0.25) is 5.78 Å². The van der Waals surface area contributed by atoms with E-state index < -0.39 is 0 Å². The third-order valence-electron chi connectivity index (χ3n) is 5.03. The molecule has 0 unspecified atom stereocenters. The van der Waals surface area contributed by atoms with E-state index in [1.54, 1.807) is 27.7 Å². The molecule has 0 spiro atoms. The van der Waals surface area contributed by atoms with Crippen LogP contribution in [0.1, 0.15) is 22.4 Å². The highest BCUT2D eigenvalue weighted by molar-refractivity contribution is 7.99. The van der Waals surface area contributed by atoms with Crippen molar-refractivity contribution in [1.82, 2.24) is 19.2 Å². The minimum absolute atomic E-state index is 0.0128. The molecule has 1 aliphatic carbocycles. The SMILES string of the molecule is C=CCSc1nnc2n(-c3ccccc3C)c(=O)c3c4c(sc3n12)CCC4. The first kappa shape index (κ1) is 16.8. The van der Waals surface area contributed by atoms with E-state index >= 15 is 0 Å². The molecule has 0 fully saturated rings. The van der Waals surface area contributed by atoms with E-state index in [4.69, 9.17) is 0 Å². The number of nitrogens with zero attached hydrogens (tertiary/aromatic N) is 4. The fourth-order valence-corrected chi connectivity index (χ4v) is 5.92. The second-order valence-electron chi connectivity index (χ2n) is 6.68. The van der Waals surface area contributed by atoms with Gasteiger partial charge in [-0.3, -0.25) is 4.79 Å². The summed E-state index contributed by atoms with van der Waals surface area (Å²) in [4.78, 5) is 15.9. The van der Waals surface area contributed by atoms with Gasteiger partial charge in [-0.15, -0.1) is 28.1 Å². The zero-order valence-corrected chi connectivity index (χ0v) is 16.6. The third-order valence-corrected chi connectivity index (χ3v) is 7.23. The summed E-state index contributed by atoms with van der Waals surface area (Å²) in [7, 11) is 0. The molecule has 4 aromatic rings. The van der Waals surface area contributed by atoms with Crippen molar-refractivity contribution >= 4 is 39.1 Å². The molecule has 0 amide bonds. The van der Waals surface area contributed by atoms with Gasteiger partial charge >= 0.3 is 0 Å². The van der Waals surface area contributed by atoms with Crippen molar-refractivity contribution < 1.29 is 0 Å². The normalized spacial score (nSPS) is 13.5. The molecule has 0 N–H and O–H groups in total. The number of fused-ring (bicyclic) bond motifs is 5. The van der Waals surface area contributed by atoms with Gasteiger partial charge in [0.05, 0.1) is 11.1 Å². The lowest BCUT2D eigenvalue weighted by molar-refractivity contribution is 0.909. The van der Waals surface area contributed by atoms with Gasteiger partial charge in [0.25, 0.3) is 5.56 Å². The molecular formula is C20H18N4OS2. The molecule has 0 saturated carbocycles. The van der Waals surface area contributed by atoms with E-state index in [0.29, 0.717) is 5.78 Å². The molecule has 1 aromatic carbocycles. The molecule has 0 atom stereocenters. The molecule has 7 heteroatoms. The van der Waals surface area contributed by atoms with E-state index in [1.807, 2.05) is 37.3 Å². The highest BCUT2D eigenvalue weighted by Gasteiger charge is 2.26. The Morgan fingerprint density at radius 2 is 2.15 bits per heavy atom. The number of thiophene rings is 1. The van der Waals surface area contributed by atoms with Crippen molar-refractivity contribution in [2.75, 3.05) is 5.75 Å². The van der Waals surface area contributed by atoms with Gasteiger partial charge < -0.3 is 0 Å². The Hall–Kier alpha value is -2.38. The fourth-order valence-electron chi connectivity index (χ4n) is 3.81. The molecule has 0 radical (unpaired) electrons. The number of para-hydroxylation sites is 1. The van der Waals surface area contributed by atoms with Gasteiger partial charge in [-0.05, 0) is 43.4 Å². The maximum absolute atomic E-state index is 13.6. The van der Waals surface area contributed by atoms with Crippen LogP contribution in [-0.4, -0.2) is 24.9 Å². The van der Waals surface area contributed by atoms with Crippen molar-refractivity contribution in [1.29, 1.82) is 0 Å². The molecular weight excluding hydrogens is 376 g/mol. The van der Waals surface area contributed by atoms with Gasteiger partial charge in [0.1, 0.15) is 4.83 Å². The second-order valence-corrected chi connectivity index (χ2v) is 8.75. The number of benzene rings is 1. The van der Waals surface area contributed by atoms with Crippen LogP contribution in [-0.2, 0) is 12.8 Å². The summed E-state index contributed by atoms with van der Waals surface area (Å²) >= 11 is 3.31. The Bertz CT molecular complexity index is 1260. The predicted molar refractivity (Wildman–Crippen MR) is 112 cm³/mol. The van der Waals surface area contributed by atoms with Crippen molar-refractivity contribution in [3.05, 3.63) is 63.3 Å². The van der Waals surface area contributed by atoms with Crippen LogP contribution in [0.3, 0.4) is 0 Å². The Morgan fingerprint density at radius 1 is 1.30 bits per heavy atom. The van der Waals surface area contributed by atoms with Crippen LogP contribution in [0.2, 0.25) is 0 Å². The van der Waals surface area contributed by atoms with E-state index in [9.17, 15) is 4.79 Å². The highest BCUT2D eigenvalue weighted by Crippen LogP contribution is 2.37. The van der Waals surface area contributed by atoms with Crippen molar-refractivity contribution in [3.63, 3.8) is 0 Å². The number of hydrogen-bond donors (Lipinski definition) is 0. The maximum atomic E-state index is 13.6. The average Bonchev–Trinajstić information content (AvgIpc) is 3.35. The summed E-state index contributed by atoms with van der Waals surface area (Å²) < 4.78 is 3.79. The van der Waals surface area contributed by atoms with Crippen LogP contribution >= 0.6 is 23.1 Å². The lowest BCUT2D eigenvalue weighted by Crippen LogP contribution is -2.22. The van der Waals surface area contributed by atoms with Crippen molar-refractivity contribution in [2.45, 2.75) is 31.3 Å². The topological polar surface area (TPSA) is 52.2 Å². The number of hydrogen-bond acceptors (Lipinski definition) is 5. The Morgan fingerprint density at radius 3 is 2.96 bits per heavy atom. The summed E-state index contributed by atoms with van der Waals surface area (Å²) in [6.07, 6.45) is 5.01. The van der Waals surface area contributed by atoms with Crippen LogP contribution in [0.4, 0.5) is 0 Å². The number of aromatic nitrogens is 4. The average molecular weight is 395 g/mol.